The van der Waals surface area contributed by atoms with Gasteiger partial charge in [0.1, 0.15) is 0 Å². The molecule has 1 saturated heterocycles. The molecule has 1 heterocycles. The van der Waals surface area contributed by atoms with Gasteiger partial charge in [0.15, 0.2) is 6.61 Å². The van der Waals surface area contributed by atoms with Gasteiger partial charge in [-0.2, -0.15) is 0 Å². The molecule has 1 N–H and O–H groups in total. The largest absolute Gasteiger partial charge is 0.456 e. The van der Waals surface area contributed by atoms with Crippen LogP contribution in [0.4, 0.5) is 5.69 Å². The first-order valence-electron chi connectivity index (χ1n) is 10.2. The highest BCUT2D eigenvalue weighted by Crippen LogP contribution is 2.35. The lowest BCUT2D eigenvalue weighted by atomic mass is 9.85. The van der Waals surface area contributed by atoms with Crippen LogP contribution in [0.2, 0.25) is 0 Å². The molecule has 1 aromatic rings. The zero-order valence-corrected chi connectivity index (χ0v) is 17.6. The maximum Gasteiger partial charge on any atom is 0.308 e. The molecule has 1 aliphatic carbocycles. The van der Waals surface area contributed by atoms with Crippen molar-refractivity contribution in [1.29, 1.82) is 0 Å². The number of rotatable bonds is 6. The van der Waals surface area contributed by atoms with Crippen molar-refractivity contribution in [1.82, 2.24) is 4.90 Å². The minimum atomic E-state index is -0.623. The van der Waals surface area contributed by atoms with Crippen molar-refractivity contribution < 1.29 is 23.9 Å². The van der Waals surface area contributed by atoms with Crippen molar-refractivity contribution in [3.63, 3.8) is 0 Å². The number of ether oxygens (including phenoxy) is 1. The minimum absolute atomic E-state index is 0.0145. The van der Waals surface area contributed by atoms with Gasteiger partial charge in [-0.15, -0.1) is 0 Å². The van der Waals surface area contributed by atoms with Gasteiger partial charge in [-0.3, -0.25) is 24.1 Å². The van der Waals surface area contributed by atoms with E-state index in [-0.39, 0.29) is 42.0 Å². The van der Waals surface area contributed by atoms with E-state index in [4.69, 9.17) is 4.74 Å². The number of carbonyl (C=O) groups is 4. The molecule has 30 heavy (non-hydrogen) atoms. The molecule has 0 aromatic heterocycles. The number of likely N-dealkylation sites (tertiary alicyclic amines) is 1. The van der Waals surface area contributed by atoms with E-state index in [0.717, 1.165) is 10.5 Å². The van der Waals surface area contributed by atoms with E-state index >= 15 is 0 Å². The summed E-state index contributed by atoms with van der Waals surface area (Å²) in [6.07, 6.45) is 4.83. The van der Waals surface area contributed by atoms with E-state index in [9.17, 15) is 19.2 Å². The highest BCUT2D eigenvalue weighted by Gasteiger charge is 2.46. The molecule has 7 nitrogen and oxygen atoms in total. The Morgan fingerprint density at radius 3 is 2.13 bits per heavy atom. The Balaban J connectivity index is 1.42. The summed E-state index contributed by atoms with van der Waals surface area (Å²) >= 11 is 0. The predicted molar refractivity (Wildman–Crippen MR) is 111 cm³/mol. The third-order valence-electron chi connectivity index (χ3n) is 5.54. The second-order valence-corrected chi connectivity index (χ2v) is 8.77. The number of nitrogens with zero attached hydrogens (tertiary/aromatic N) is 1. The summed E-state index contributed by atoms with van der Waals surface area (Å²) in [4.78, 5) is 49.9. The molecule has 3 rings (SSSR count). The highest BCUT2D eigenvalue weighted by molar-refractivity contribution is 6.05. The molecule has 1 aromatic carbocycles. The van der Waals surface area contributed by atoms with Crippen LogP contribution in [-0.4, -0.2) is 41.7 Å². The van der Waals surface area contributed by atoms with Gasteiger partial charge in [-0.1, -0.05) is 45.1 Å². The molecule has 1 aliphatic heterocycles. The predicted octanol–water partition coefficient (Wildman–Crippen LogP) is 2.81. The zero-order chi connectivity index (χ0) is 21.9. The van der Waals surface area contributed by atoms with Crippen LogP contribution in [0.5, 0.6) is 0 Å². The topological polar surface area (TPSA) is 92.8 Å². The van der Waals surface area contributed by atoms with Crippen LogP contribution in [0, 0.1) is 11.8 Å². The normalized spacial score (nSPS) is 20.8. The molecule has 2 atom stereocenters. The molecule has 0 radical (unpaired) electrons. The fourth-order valence-corrected chi connectivity index (χ4v) is 3.76. The van der Waals surface area contributed by atoms with E-state index in [1.54, 1.807) is 12.1 Å². The van der Waals surface area contributed by atoms with Crippen LogP contribution in [-0.2, 0) is 29.3 Å². The second-order valence-electron chi connectivity index (χ2n) is 8.77. The van der Waals surface area contributed by atoms with E-state index < -0.39 is 18.5 Å². The third-order valence-corrected chi connectivity index (χ3v) is 5.54. The summed E-state index contributed by atoms with van der Waals surface area (Å²) in [5, 5.41) is 2.68. The van der Waals surface area contributed by atoms with Gasteiger partial charge in [0.25, 0.3) is 5.91 Å². The van der Waals surface area contributed by atoms with Gasteiger partial charge in [-0.25, -0.2) is 0 Å². The van der Waals surface area contributed by atoms with E-state index in [2.05, 4.69) is 26.1 Å². The summed E-state index contributed by atoms with van der Waals surface area (Å²) in [5.74, 6) is -2.14. The Morgan fingerprint density at radius 1 is 1.03 bits per heavy atom. The zero-order valence-electron chi connectivity index (χ0n) is 17.6. The van der Waals surface area contributed by atoms with E-state index in [1.165, 1.54) is 0 Å². The molecule has 160 valence electrons. The number of imide groups is 1. The standard InChI is InChI=1S/C23H28N2O5/c1-23(2,3)15-8-10-16(11-9-15)24-19(26)14-30-20(27)12-13-25-21(28)17-6-4-5-7-18(17)22(25)29/h4-5,8-11,17-18H,6-7,12-14H2,1-3H3,(H,24,26)/t17-,18-/m0/s1. The number of esters is 1. The van der Waals surface area contributed by atoms with Crippen LogP contribution < -0.4 is 5.32 Å². The molecule has 0 spiro atoms. The smallest absolute Gasteiger partial charge is 0.308 e. The van der Waals surface area contributed by atoms with Crippen molar-refractivity contribution in [2.24, 2.45) is 11.8 Å². The number of benzene rings is 1. The van der Waals surface area contributed by atoms with Crippen LogP contribution >= 0.6 is 0 Å². The van der Waals surface area contributed by atoms with Gasteiger partial charge < -0.3 is 10.1 Å². The summed E-state index contributed by atoms with van der Waals surface area (Å²) in [6, 6.07) is 7.50. The van der Waals surface area contributed by atoms with Crippen LogP contribution in [0.15, 0.2) is 36.4 Å². The highest BCUT2D eigenvalue weighted by atomic mass is 16.5. The van der Waals surface area contributed by atoms with Crippen molar-refractivity contribution in [3.8, 4) is 0 Å². The monoisotopic (exact) mass is 412 g/mol. The number of fused-ring (bicyclic) bond motifs is 1. The third kappa shape index (κ3) is 4.96. The molecular formula is C23H28N2O5. The number of nitrogens with one attached hydrogen (secondary N) is 1. The molecule has 0 unspecified atom stereocenters. The minimum Gasteiger partial charge on any atom is -0.456 e. The van der Waals surface area contributed by atoms with Gasteiger partial charge in [0, 0.05) is 12.2 Å². The number of allylic oxidation sites excluding steroid dienone is 2. The average Bonchev–Trinajstić information content (AvgIpc) is 2.95. The molecule has 3 amide bonds. The number of hydrogen-bond donors (Lipinski definition) is 1. The molecule has 0 saturated carbocycles. The van der Waals surface area contributed by atoms with E-state index in [1.807, 2.05) is 24.3 Å². The lowest BCUT2D eigenvalue weighted by molar-refractivity contribution is -0.148. The summed E-state index contributed by atoms with van der Waals surface area (Å²) < 4.78 is 4.99. The number of carbonyl (C=O) groups excluding carboxylic acids is 4. The summed E-state index contributed by atoms with van der Waals surface area (Å²) in [5.41, 5.74) is 1.78. The van der Waals surface area contributed by atoms with Crippen molar-refractivity contribution in [2.45, 2.75) is 45.4 Å². The fraction of sp³-hybridized carbons (Fsp3) is 0.478. The van der Waals surface area contributed by atoms with Crippen LogP contribution in [0.3, 0.4) is 0 Å². The molecule has 2 aliphatic rings. The van der Waals surface area contributed by atoms with Gasteiger partial charge >= 0.3 is 5.97 Å². The second kappa shape index (κ2) is 8.81. The molecular weight excluding hydrogens is 384 g/mol. The van der Waals surface area contributed by atoms with Crippen molar-refractivity contribution in [3.05, 3.63) is 42.0 Å². The first kappa shape index (κ1) is 21.7. The average molecular weight is 412 g/mol. The maximum atomic E-state index is 12.4. The number of amides is 3. The maximum absolute atomic E-state index is 12.4. The Hall–Kier alpha value is -2.96. The Bertz CT molecular complexity index is 841. The lowest BCUT2D eigenvalue weighted by Crippen LogP contribution is -2.33. The summed E-state index contributed by atoms with van der Waals surface area (Å²) in [6.45, 7) is 5.88. The first-order chi connectivity index (χ1) is 14.2. The first-order valence-corrected chi connectivity index (χ1v) is 10.2. The van der Waals surface area contributed by atoms with Gasteiger partial charge in [0.2, 0.25) is 11.8 Å². The fourth-order valence-electron chi connectivity index (χ4n) is 3.76. The molecule has 0 bridgehead atoms. The lowest BCUT2D eigenvalue weighted by Gasteiger charge is -2.19. The summed E-state index contributed by atoms with van der Waals surface area (Å²) in [7, 11) is 0. The van der Waals surface area contributed by atoms with Crippen LogP contribution in [0.1, 0.15) is 45.6 Å². The number of hydrogen-bond acceptors (Lipinski definition) is 5. The Morgan fingerprint density at radius 2 is 1.60 bits per heavy atom. The van der Waals surface area contributed by atoms with Crippen molar-refractivity contribution >= 4 is 29.4 Å². The quantitative estimate of drug-likeness (QED) is 0.441. The van der Waals surface area contributed by atoms with E-state index in [0.29, 0.717) is 18.5 Å². The Labute approximate surface area is 176 Å². The van der Waals surface area contributed by atoms with Crippen molar-refractivity contribution in [2.75, 3.05) is 18.5 Å². The number of anilines is 1. The molecule has 1 fully saturated rings. The van der Waals surface area contributed by atoms with Crippen LogP contribution in [0.25, 0.3) is 0 Å². The molecule has 7 heteroatoms. The van der Waals surface area contributed by atoms with Gasteiger partial charge in [-0.05, 0) is 36.0 Å². The SMILES string of the molecule is CC(C)(C)c1ccc(NC(=O)COC(=O)CCN2C(=O)[C@H]3CC=CC[C@@H]3C2=O)cc1. The Kier molecular flexibility index (Phi) is 6.39. The van der Waals surface area contributed by atoms with Gasteiger partial charge in [0.05, 0.1) is 18.3 Å².